The largest absolute Gasteiger partial charge is 0.336 e. The first-order valence-electron chi connectivity index (χ1n) is 9.59. The van der Waals surface area contributed by atoms with E-state index in [4.69, 9.17) is 0 Å². The fourth-order valence-electron chi connectivity index (χ4n) is 3.73. The number of hydrogen-bond acceptors (Lipinski definition) is 3. The minimum Gasteiger partial charge on any atom is -0.336 e. The summed E-state index contributed by atoms with van der Waals surface area (Å²) in [5.41, 5.74) is 2.06. The number of rotatable bonds is 3. The fraction of sp³-hybridized carbons (Fsp3) is 0.261. The molecule has 0 radical (unpaired) electrons. The molecule has 3 aromatic rings. The second-order valence-electron chi connectivity index (χ2n) is 7.78. The predicted molar refractivity (Wildman–Crippen MR) is 109 cm³/mol. The number of halogens is 1. The molecule has 29 heavy (non-hydrogen) atoms. The van der Waals surface area contributed by atoms with E-state index in [1.807, 2.05) is 18.2 Å². The summed E-state index contributed by atoms with van der Waals surface area (Å²) in [6.45, 7) is 4.54. The molecule has 148 valence electrons. The molecule has 1 aromatic heterocycles. The smallest absolute Gasteiger partial charge is 0.267 e. The lowest BCUT2D eigenvalue weighted by molar-refractivity contribution is -0.141. The van der Waals surface area contributed by atoms with Crippen molar-refractivity contribution in [2.24, 2.45) is 0 Å². The Morgan fingerprint density at radius 2 is 1.69 bits per heavy atom. The molecule has 1 aliphatic rings. The molecule has 0 unspecified atom stereocenters. The molecule has 0 N–H and O–H groups in total. The summed E-state index contributed by atoms with van der Waals surface area (Å²) in [6, 6.07) is 17.0. The molecule has 2 heterocycles. The van der Waals surface area contributed by atoms with Gasteiger partial charge < -0.3 is 4.90 Å². The van der Waals surface area contributed by atoms with Crippen LogP contribution in [-0.2, 0) is 23.3 Å². The van der Waals surface area contributed by atoms with Gasteiger partial charge in [0, 0.05) is 24.7 Å². The Bertz CT molecular complexity index is 1120. The van der Waals surface area contributed by atoms with Gasteiger partial charge in [-0.1, -0.05) is 24.3 Å². The van der Waals surface area contributed by atoms with Gasteiger partial charge in [0.25, 0.3) is 5.56 Å². The standard InChI is InChI=1S/C23H22FN3O2/c1-23(2,22(29)26-14-13-16-5-3-4-6-18(16)15-26)27-21(28)12-11-20(25-27)17-7-9-19(24)10-8-17/h3-12H,13-15H2,1-2H3. The van der Waals surface area contributed by atoms with E-state index in [9.17, 15) is 14.0 Å². The number of hydrogen-bond donors (Lipinski definition) is 0. The first-order valence-corrected chi connectivity index (χ1v) is 9.59. The van der Waals surface area contributed by atoms with Crippen molar-refractivity contribution in [1.29, 1.82) is 0 Å². The molecule has 6 heteroatoms. The van der Waals surface area contributed by atoms with Crippen LogP contribution in [0.1, 0.15) is 25.0 Å². The maximum atomic E-state index is 13.4. The van der Waals surface area contributed by atoms with Crippen LogP contribution in [0.25, 0.3) is 11.3 Å². The molecule has 0 spiro atoms. The van der Waals surface area contributed by atoms with Crippen molar-refractivity contribution in [2.45, 2.75) is 32.4 Å². The zero-order valence-electron chi connectivity index (χ0n) is 16.4. The van der Waals surface area contributed by atoms with Gasteiger partial charge in [0.2, 0.25) is 5.91 Å². The van der Waals surface area contributed by atoms with E-state index < -0.39 is 5.54 Å². The van der Waals surface area contributed by atoms with Gasteiger partial charge in [-0.05, 0) is 61.7 Å². The van der Waals surface area contributed by atoms with E-state index in [1.54, 1.807) is 36.9 Å². The van der Waals surface area contributed by atoms with E-state index in [-0.39, 0.29) is 17.3 Å². The molecule has 0 aliphatic carbocycles. The molecule has 2 aromatic carbocycles. The lowest BCUT2D eigenvalue weighted by atomic mass is 9.96. The number of aromatic nitrogens is 2. The lowest BCUT2D eigenvalue weighted by Gasteiger charge is -2.35. The summed E-state index contributed by atoms with van der Waals surface area (Å²) in [5, 5.41) is 4.44. The van der Waals surface area contributed by atoms with E-state index in [1.165, 1.54) is 28.4 Å². The van der Waals surface area contributed by atoms with Gasteiger partial charge in [-0.15, -0.1) is 0 Å². The van der Waals surface area contributed by atoms with Gasteiger partial charge in [-0.25, -0.2) is 9.07 Å². The zero-order valence-corrected chi connectivity index (χ0v) is 16.4. The number of nitrogens with zero attached hydrogens (tertiary/aromatic N) is 3. The Balaban J connectivity index is 1.66. The number of carbonyl (C=O) groups excluding carboxylic acids is 1. The van der Waals surface area contributed by atoms with E-state index in [0.717, 1.165) is 12.0 Å². The van der Waals surface area contributed by atoms with Crippen molar-refractivity contribution in [3.8, 4) is 11.3 Å². The molecule has 0 fully saturated rings. The summed E-state index contributed by atoms with van der Waals surface area (Å²) in [6.07, 6.45) is 0.788. The quantitative estimate of drug-likeness (QED) is 0.688. The van der Waals surface area contributed by atoms with Crippen LogP contribution in [0.3, 0.4) is 0 Å². The third-order valence-corrected chi connectivity index (χ3v) is 5.41. The molecule has 0 saturated heterocycles. The van der Waals surface area contributed by atoms with Crippen LogP contribution in [-0.4, -0.2) is 27.1 Å². The molecular weight excluding hydrogens is 369 g/mol. The lowest BCUT2D eigenvalue weighted by Crippen LogP contribution is -2.52. The molecule has 5 nitrogen and oxygen atoms in total. The molecule has 1 amide bonds. The van der Waals surface area contributed by atoms with Crippen LogP contribution >= 0.6 is 0 Å². The number of amides is 1. The van der Waals surface area contributed by atoms with Crippen LogP contribution in [0.2, 0.25) is 0 Å². The first-order chi connectivity index (χ1) is 13.9. The third-order valence-electron chi connectivity index (χ3n) is 5.41. The van der Waals surface area contributed by atoms with Crippen LogP contribution in [0.15, 0.2) is 65.5 Å². The van der Waals surface area contributed by atoms with Crippen molar-refractivity contribution in [3.63, 3.8) is 0 Å². The normalized spacial score (nSPS) is 13.8. The monoisotopic (exact) mass is 391 g/mol. The number of carbonyl (C=O) groups is 1. The van der Waals surface area contributed by atoms with Crippen LogP contribution in [0.5, 0.6) is 0 Å². The van der Waals surface area contributed by atoms with E-state index >= 15 is 0 Å². The molecular formula is C23H22FN3O2. The minimum absolute atomic E-state index is 0.155. The van der Waals surface area contributed by atoms with Gasteiger partial charge >= 0.3 is 0 Å². The fourth-order valence-corrected chi connectivity index (χ4v) is 3.73. The summed E-state index contributed by atoms with van der Waals surface area (Å²) >= 11 is 0. The number of benzene rings is 2. The van der Waals surface area contributed by atoms with E-state index in [2.05, 4.69) is 11.2 Å². The average Bonchev–Trinajstić information content (AvgIpc) is 2.73. The Labute approximate surface area is 168 Å². The summed E-state index contributed by atoms with van der Waals surface area (Å²) in [4.78, 5) is 27.7. The molecule has 1 aliphatic heterocycles. The van der Waals surface area contributed by atoms with Crippen molar-refractivity contribution in [1.82, 2.24) is 14.7 Å². The van der Waals surface area contributed by atoms with Crippen LogP contribution in [0.4, 0.5) is 4.39 Å². The highest BCUT2D eigenvalue weighted by Crippen LogP contribution is 2.24. The zero-order chi connectivity index (χ0) is 20.6. The van der Waals surface area contributed by atoms with Crippen molar-refractivity contribution < 1.29 is 9.18 Å². The van der Waals surface area contributed by atoms with Crippen LogP contribution in [0, 0.1) is 5.82 Å². The molecule has 0 saturated carbocycles. The Kier molecular flexibility index (Phi) is 4.78. The van der Waals surface area contributed by atoms with Crippen molar-refractivity contribution in [2.75, 3.05) is 6.54 Å². The van der Waals surface area contributed by atoms with Gasteiger partial charge in [0.15, 0.2) is 0 Å². The molecule has 4 rings (SSSR count). The van der Waals surface area contributed by atoms with Gasteiger partial charge in [-0.2, -0.15) is 5.10 Å². The van der Waals surface area contributed by atoms with Crippen molar-refractivity contribution in [3.05, 3.63) is 88.0 Å². The average molecular weight is 391 g/mol. The van der Waals surface area contributed by atoms with Gasteiger partial charge in [-0.3, -0.25) is 9.59 Å². The maximum Gasteiger partial charge on any atom is 0.267 e. The topological polar surface area (TPSA) is 55.2 Å². The first kappa shape index (κ1) is 19.1. The summed E-state index contributed by atoms with van der Waals surface area (Å²) < 4.78 is 14.5. The second kappa shape index (κ2) is 7.28. The highest BCUT2D eigenvalue weighted by atomic mass is 19.1. The predicted octanol–water partition coefficient (Wildman–Crippen LogP) is 3.37. The highest BCUT2D eigenvalue weighted by Gasteiger charge is 2.37. The van der Waals surface area contributed by atoms with Crippen molar-refractivity contribution >= 4 is 5.91 Å². The summed E-state index contributed by atoms with van der Waals surface area (Å²) in [5.74, 6) is -0.499. The Morgan fingerprint density at radius 3 is 2.41 bits per heavy atom. The Hall–Kier alpha value is -3.28. The van der Waals surface area contributed by atoms with Gasteiger partial charge in [0.05, 0.1) is 5.69 Å². The van der Waals surface area contributed by atoms with Crippen LogP contribution < -0.4 is 5.56 Å². The van der Waals surface area contributed by atoms with E-state index in [0.29, 0.717) is 24.3 Å². The molecule has 0 bridgehead atoms. The number of fused-ring (bicyclic) bond motifs is 1. The maximum absolute atomic E-state index is 13.4. The SMILES string of the molecule is CC(C)(C(=O)N1CCc2ccccc2C1)n1nc(-c2ccc(F)cc2)ccc1=O. The second-order valence-corrected chi connectivity index (χ2v) is 7.78. The van der Waals surface area contributed by atoms with Gasteiger partial charge in [0.1, 0.15) is 11.4 Å². The molecule has 0 atom stereocenters. The highest BCUT2D eigenvalue weighted by molar-refractivity contribution is 5.84. The minimum atomic E-state index is -1.15. The summed E-state index contributed by atoms with van der Waals surface area (Å²) in [7, 11) is 0. The Morgan fingerprint density at radius 1 is 1.00 bits per heavy atom. The third kappa shape index (κ3) is 3.58.